The number of carbonyl (C=O) groups excluding carboxylic acids is 1. The number of halogens is 2. The summed E-state index contributed by atoms with van der Waals surface area (Å²) in [7, 11) is 1.47. The van der Waals surface area contributed by atoms with Crippen molar-refractivity contribution >= 4 is 18.3 Å². The van der Waals surface area contributed by atoms with Crippen LogP contribution in [0.4, 0.5) is 4.39 Å². The number of nitrogens with two attached hydrogens (primary N) is 1. The van der Waals surface area contributed by atoms with Crippen molar-refractivity contribution in [2.45, 2.75) is 32.9 Å². The van der Waals surface area contributed by atoms with Gasteiger partial charge in [-0.25, -0.2) is 4.39 Å². The Morgan fingerprint density at radius 3 is 2.65 bits per heavy atom. The Bertz CT molecular complexity index is 443. The molecule has 4 nitrogen and oxygen atoms in total. The molecule has 0 fully saturated rings. The molecule has 2 unspecified atom stereocenters. The molecule has 0 spiro atoms. The van der Waals surface area contributed by atoms with Gasteiger partial charge in [0.25, 0.3) is 0 Å². The van der Waals surface area contributed by atoms with E-state index in [1.165, 1.54) is 19.2 Å². The SMILES string of the molecule is CCC(C)C(N)C(=O)NCc1cc(F)cc(OC)c1.Cl. The van der Waals surface area contributed by atoms with Gasteiger partial charge < -0.3 is 15.8 Å². The molecule has 1 aromatic rings. The molecule has 1 amide bonds. The maximum absolute atomic E-state index is 13.3. The third kappa shape index (κ3) is 5.35. The topological polar surface area (TPSA) is 64.4 Å². The number of benzene rings is 1. The number of methoxy groups -OCH3 is 1. The van der Waals surface area contributed by atoms with Gasteiger partial charge in [-0.3, -0.25) is 4.79 Å². The predicted molar refractivity (Wildman–Crippen MR) is 79.5 cm³/mol. The summed E-state index contributed by atoms with van der Waals surface area (Å²) in [6, 6.07) is 3.78. The Balaban J connectivity index is 0.00000361. The first-order valence-electron chi connectivity index (χ1n) is 6.34. The van der Waals surface area contributed by atoms with E-state index in [0.29, 0.717) is 11.3 Å². The van der Waals surface area contributed by atoms with Gasteiger partial charge in [-0.15, -0.1) is 12.4 Å². The van der Waals surface area contributed by atoms with Gasteiger partial charge in [0.1, 0.15) is 11.6 Å². The number of ether oxygens (including phenoxy) is 1. The van der Waals surface area contributed by atoms with E-state index in [9.17, 15) is 9.18 Å². The smallest absolute Gasteiger partial charge is 0.237 e. The predicted octanol–water partition coefficient (Wildman–Crippen LogP) is 2.25. The molecule has 0 aliphatic carbocycles. The highest BCUT2D eigenvalue weighted by Crippen LogP contribution is 2.16. The maximum Gasteiger partial charge on any atom is 0.237 e. The van der Waals surface area contributed by atoms with Gasteiger partial charge in [0.2, 0.25) is 5.91 Å². The molecular formula is C14H22ClFN2O2. The van der Waals surface area contributed by atoms with Crippen LogP contribution < -0.4 is 15.8 Å². The fourth-order valence-electron chi connectivity index (χ4n) is 1.66. The van der Waals surface area contributed by atoms with Crippen LogP contribution in [-0.2, 0) is 11.3 Å². The van der Waals surface area contributed by atoms with Crippen molar-refractivity contribution in [1.82, 2.24) is 5.32 Å². The highest BCUT2D eigenvalue weighted by atomic mass is 35.5. The number of carbonyl (C=O) groups is 1. The van der Waals surface area contributed by atoms with Gasteiger partial charge in [-0.2, -0.15) is 0 Å². The van der Waals surface area contributed by atoms with Crippen LogP contribution >= 0.6 is 12.4 Å². The zero-order valence-corrected chi connectivity index (χ0v) is 12.8. The average molecular weight is 305 g/mol. The van der Waals surface area contributed by atoms with Crippen LogP contribution in [0, 0.1) is 11.7 Å². The van der Waals surface area contributed by atoms with Gasteiger partial charge in [0.15, 0.2) is 0 Å². The molecule has 114 valence electrons. The monoisotopic (exact) mass is 304 g/mol. The molecule has 2 atom stereocenters. The van der Waals surface area contributed by atoms with Crippen molar-refractivity contribution in [3.05, 3.63) is 29.6 Å². The number of amides is 1. The van der Waals surface area contributed by atoms with E-state index in [1.807, 2.05) is 13.8 Å². The Morgan fingerprint density at radius 2 is 2.10 bits per heavy atom. The van der Waals surface area contributed by atoms with E-state index in [0.717, 1.165) is 6.42 Å². The zero-order valence-electron chi connectivity index (χ0n) is 12.0. The first kappa shape index (κ1) is 18.7. The van der Waals surface area contributed by atoms with Crippen molar-refractivity contribution in [3.63, 3.8) is 0 Å². The quantitative estimate of drug-likeness (QED) is 0.847. The van der Waals surface area contributed by atoms with Crippen LogP contribution in [-0.4, -0.2) is 19.1 Å². The van der Waals surface area contributed by atoms with Crippen LogP contribution in [0.2, 0.25) is 0 Å². The summed E-state index contributed by atoms with van der Waals surface area (Å²) in [6.07, 6.45) is 0.836. The lowest BCUT2D eigenvalue weighted by Crippen LogP contribution is -2.44. The molecule has 3 N–H and O–H groups in total. The lowest BCUT2D eigenvalue weighted by atomic mass is 9.99. The number of hydrogen-bond donors (Lipinski definition) is 2. The molecule has 0 aliphatic rings. The number of nitrogens with one attached hydrogen (secondary N) is 1. The van der Waals surface area contributed by atoms with Crippen molar-refractivity contribution in [2.24, 2.45) is 11.7 Å². The van der Waals surface area contributed by atoms with Gasteiger partial charge in [0, 0.05) is 12.6 Å². The second-order valence-corrected chi connectivity index (χ2v) is 4.63. The van der Waals surface area contributed by atoms with Crippen LogP contribution in [0.3, 0.4) is 0 Å². The first-order valence-corrected chi connectivity index (χ1v) is 6.34. The second-order valence-electron chi connectivity index (χ2n) is 4.63. The minimum Gasteiger partial charge on any atom is -0.497 e. The molecule has 1 rings (SSSR count). The molecule has 0 aliphatic heterocycles. The largest absolute Gasteiger partial charge is 0.497 e. The summed E-state index contributed by atoms with van der Waals surface area (Å²) < 4.78 is 18.2. The van der Waals surface area contributed by atoms with Crippen LogP contribution in [0.5, 0.6) is 5.75 Å². The minimum absolute atomic E-state index is 0. The van der Waals surface area contributed by atoms with Crippen molar-refractivity contribution in [3.8, 4) is 5.75 Å². The first-order chi connectivity index (χ1) is 8.97. The van der Waals surface area contributed by atoms with Gasteiger partial charge in [0.05, 0.1) is 13.2 Å². The average Bonchev–Trinajstić information content (AvgIpc) is 2.42. The van der Waals surface area contributed by atoms with Gasteiger partial charge >= 0.3 is 0 Å². The highest BCUT2D eigenvalue weighted by Gasteiger charge is 2.18. The Labute approximate surface area is 125 Å². The van der Waals surface area contributed by atoms with E-state index in [-0.39, 0.29) is 30.8 Å². The molecule has 0 aromatic heterocycles. The standard InChI is InChI=1S/C14H21FN2O2.ClH/c1-4-9(2)13(16)14(18)17-8-10-5-11(15)7-12(6-10)19-3;/h5-7,9,13H,4,8,16H2,1-3H3,(H,17,18);1H. The van der Waals surface area contributed by atoms with Crippen molar-refractivity contribution in [2.75, 3.05) is 7.11 Å². The summed E-state index contributed by atoms with van der Waals surface area (Å²) in [5.41, 5.74) is 6.45. The molecule has 0 bridgehead atoms. The zero-order chi connectivity index (χ0) is 14.4. The number of hydrogen-bond acceptors (Lipinski definition) is 3. The summed E-state index contributed by atoms with van der Waals surface area (Å²) in [4.78, 5) is 11.8. The van der Waals surface area contributed by atoms with Crippen LogP contribution in [0.25, 0.3) is 0 Å². The highest BCUT2D eigenvalue weighted by molar-refractivity contribution is 5.85. The molecule has 1 aromatic carbocycles. The molecule has 0 saturated carbocycles. The molecule has 0 heterocycles. The summed E-state index contributed by atoms with van der Waals surface area (Å²) in [5.74, 6) is -0.0788. The van der Waals surface area contributed by atoms with E-state index in [4.69, 9.17) is 10.5 Å². The van der Waals surface area contributed by atoms with E-state index in [2.05, 4.69) is 5.32 Å². The summed E-state index contributed by atoms with van der Waals surface area (Å²) >= 11 is 0. The van der Waals surface area contributed by atoms with Crippen LogP contribution in [0.15, 0.2) is 18.2 Å². The van der Waals surface area contributed by atoms with Crippen molar-refractivity contribution in [1.29, 1.82) is 0 Å². The normalized spacial score (nSPS) is 13.1. The van der Waals surface area contributed by atoms with Gasteiger partial charge in [-0.1, -0.05) is 20.3 Å². The van der Waals surface area contributed by atoms with Crippen LogP contribution in [0.1, 0.15) is 25.8 Å². The van der Waals surface area contributed by atoms with E-state index < -0.39 is 11.9 Å². The Hall–Kier alpha value is -1.33. The van der Waals surface area contributed by atoms with E-state index >= 15 is 0 Å². The Morgan fingerprint density at radius 1 is 1.45 bits per heavy atom. The number of rotatable bonds is 6. The molecule has 20 heavy (non-hydrogen) atoms. The molecule has 6 heteroatoms. The van der Waals surface area contributed by atoms with Gasteiger partial charge in [-0.05, 0) is 23.6 Å². The Kier molecular flexibility index (Phi) is 8.18. The third-order valence-electron chi connectivity index (χ3n) is 3.19. The second kappa shape index (κ2) is 8.76. The van der Waals surface area contributed by atoms with E-state index in [1.54, 1.807) is 6.07 Å². The molecular weight excluding hydrogens is 283 g/mol. The molecule has 0 radical (unpaired) electrons. The fraction of sp³-hybridized carbons (Fsp3) is 0.500. The molecule has 0 saturated heterocycles. The summed E-state index contributed by atoms with van der Waals surface area (Å²) in [6.45, 7) is 4.14. The minimum atomic E-state index is -0.541. The third-order valence-corrected chi connectivity index (χ3v) is 3.19. The maximum atomic E-state index is 13.3. The lowest BCUT2D eigenvalue weighted by molar-refractivity contribution is -0.123. The summed E-state index contributed by atoms with van der Waals surface area (Å²) in [5, 5.41) is 2.71. The van der Waals surface area contributed by atoms with Crippen molar-refractivity contribution < 1.29 is 13.9 Å². The lowest BCUT2D eigenvalue weighted by Gasteiger charge is -2.17. The fourth-order valence-corrected chi connectivity index (χ4v) is 1.66.